The van der Waals surface area contributed by atoms with E-state index in [9.17, 15) is 4.79 Å². The molecule has 4 rings (SSSR count). The predicted molar refractivity (Wildman–Crippen MR) is 106 cm³/mol. The molecule has 2 aromatic carbocycles. The van der Waals surface area contributed by atoms with E-state index in [2.05, 4.69) is 15.0 Å². The van der Waals surface area contributed by atoms with Crippen molar-refractivity contribution < 1.29 is 14.3 Å². The predicted octanol–water partition coefficient (Wildman–Crippen LogP) is 4.62. The summed E-state index contributed by atoms with van der Waals surface area (Å²) in [6, 6.07) is 20.2. The molecule has 1 N–H and O–H groups in total. The summed E-state index contributed by atoms with van der Waals surface area (Å²) >= 11 is 0. The lowest BCUT2D eigenvalue weighted by Crippen LogP contribution is -2.04. The molecule has 2 heterocycles. The van der Waals surface area contributed by atoms with Gasteiger partial charge in [0, 0.05) is 5.69 Å². The van der Waals surface area contributed by atoms with Crippen LogP contribution in [0.1, 0.15) is 16.1 Å². The van der Waals surface area contributed by atoms with Gasteiger partial charge in [-0.25, -0.2) is 9.78 Å². The van der Waals surface area contributed by atoms with Gasteiger partial charge in [-0.3, -0.25) is 0 Å². The number of aromatic nitrogens is 3. The minimum absolute atomic E-state index is 0.169. The third-order valence-electron chi connectivity index (χ3n) is 3.98. The summed E-state index contributed by atoms with van der Waals surface area (Å²) in [7, 11) is 0. The highest BCUT2D eigenvalue weighted by Gasteiger charge is 2.09. The molecule has 0 fully saturated rings. The Morgan fingerprint density at radius 2 is 1.75 bits per heavy atom. The third kappa shape index (κ3) is 4.07. The van der Waals surface area contributed by atoms with E-state index in [4.69, 9.17) is 9.47 Å². The van der Waals surface area contributed by atoms with E-state index >= 15 is 0 Å². The summed E-state index contributed by atoms with van der Waals surface area (Å²) in [5, 5.41) is 0. The number of hydrogen-bond acceptors (Lipinski definition) is 5. The van der Waals surface area contributed by atoms with Crippen molar-refractivity contribution in [2.45, 2.75) is 0 Å². The van der Waals surface area contributed by atoms with Crippen LogP contribution in [0.2, 0.25) is 0 Å². The molecule has 0 radical (unpaired) electrons. The molecular formula is C22H17N3O3. The van der Waals surface area contributed by atoms with Crippen LogP contribution in [-0.4, -0.2) is 27.5 Å². The van der Waals surface area contributed by atoms with Crippen LogP contribution in [0.3, 0.4) is 0 Å². The van der Waals surface area contributed by atoms with Gasteiger partial charge in [0.2, 0.25) is 5.88 Å². The highest BCUT2D eigenvalue weighted by molar-refractivity contribution is 5.89. The largest absolute Gasteiger partial charge is 0.458 e. The molecule has 0 aliphatic heterocycles. The molecule has 0 amide bonds. The van der Waals surface area contributed by atoms with Gasteiger partial charge in [0.05, 0.1) is 11.1 Å². The highest BCUT2D eigenvalue weighted by atomic mass is 16.5. The van der Waals surface area contributed by atoms with Crippen LogP contribution in [0.15, 0.2) is 79.1 Å². The zero-order chi connectivity index (χ0) is 19.2. The highest BCUT2D eigenvalue weighted by Crippen LogP contribution is 2.26. The zero-order valence-electron chi connectivity index (χ0n) is 14.9. The fourth-order valence-corrected chi connectivity index (χ4v) is 2.66. The first-order valence-electron chi connectivity index (χ1n) is 8.75. The Hall–Kier alpha value is -3.93. The van der Waals surface area contributed by atoms with E-state index in [0.29, 0.717) is 22.7 Å². The summed E-state index contributed by atoms with van der Waals surface area (Å²) in [5.74, 6) is 0.791. The number of benzene rings is 2. The van der Waals surface area contributed by atoms with Crippen LogP contribution >= 0.6 is 0 Å². The average Bonchev–Trinajstić information content (AvgIpc) is 3.16. The molecule has 2 aromatic heterocycles. The molecule has 0 aliphatic rings. The van der Waals surface area contributed by atoms with Crippen LogP contribution in [0.5, 0.6) is 11.6 Å². The zero-order valence-corrected chi connectivity index (χ0v) is 14.9. The summed E-state index contributed by atoms with van der Waals surface area (Å²) in [6.07, 6.45) is 5.05. The number of rotatable bonds is 6. The summed E-state index contributed by atoms with van der Waals surface area (Å²) < 4.78 is 11.1. The molecule has 6 nitrogen and oxygen atoms in total. The van der Waals surface area contributed by atoms with Crippen LogP contribution in [0.4, 0.5) is 0 Å². The lowest BCUT2D eigenvalue weighted by Gasteiger charge is -2.04. The number of hydrogen-bond donors (Lipinski definition) is 1. The van der Waals surface area contributed by atoms with E-state index in [1.54, 1.807) is 30.3 Å². The van der Waals surface area contributed by atoms with Gasteiger partial charge < -0.3 is 14.5 Å². The minimum atomic E-state index is -0.355. The monoisotopic (exact) mass is 371 g/mol. The van der Waals surface area contributed by atoms with Gasteiger partial charge in [-0.2, -0.15) is 4.98 Å². The molecule has 0 saturated carbocycles. The van der Waals surface area contributed by atoms with Crippen molar-refractivity contribution in [2.75, 3.05) is 6.61 Å². The van der Waals surface area contributed by atoms with Gasteiger partial charge in [-0.1, -0.05) is 36.4 Å². The van der Waals surface area contributed by atoms with Crippen LogP contribution in [-0.2, 0) is 4.74 Å². The number of nitrogens with one attached hydrogen (secondary N) is 1. The van der Waals surface area contributed by atoms with Crippen molar-refractivity contribution in [3.05, 3.63) is 90.4 Å². The van der Waals surface area contributed by atoms with Gasteiger partial charge in [-0.05, 0) is 42.5 Å². The van der Waals surface area contributed by atoms with Gasteiger partial charge in [0.1, 0.15) is 24.2 Å². The van der Waals surface area contributed by atoms with E-state index in [-0.39, 0.29) is 12.6 Å². The third-order valence-corrected chi connectivity index (χ3v) is 3.98. The van der Waals surface area contributed by atoms with Crippen molar-refractivity contribution >= 4 is 23.1 Å². The van der Waals surface area contributed by atoms with Crippen LogP contribution in [0.25, 0.3) is 17.1 Å². The summed E-state index contributed by atoms with van der Waals surface area (Å²) in [6.45, 7) is 0.169. The first-order chi connectivity index (χ1) is 13.8. The Balaban J connectivity index is 1.44. The Labute approximate surface area is 161 Å². The number of aromatic amines is 1. The number of carbonyl (C=O) groups is 1. The van der Waals surface area contributed by atoms with Crippen molar-refractivity contribution in [3.8, 4) is 11.6 Å². The maximum Gasteiger partial charge on any atom is 0.338 e. The van der Waals surface area contributed by atoms with Gasteiger partial charge >= 0.3 is 5.97 Å². The first kappa shape index (κ1) is 17.5. The Kier molecular flexibility index (Phi) is 5.11. The van der Waals surface area contributed by atoms with E-state index in [1.807, 2.05) is 48.5 Å². The molecule has 0 saturated heterocycles. The maximum absolute atomic E-state index is 11.9. The molecule has 0 aliphatic carbocycles. The van der Waals surface area contributed by atoms with E-state index < -0.39 is 0 Å². The molecular weight excluding hydrogens is 354 g/mol. The van der Waals surface area contributed by atoms with Crippen molar-refractivity contribution in [1.82, 2.24) is 15.0 Å². The summed E-state index contributed by atoms with van der Waals surface area (Å²) in [5.41, 5.74) is 2.78. The SMILES string of the molecule is O=C(OCC=Cc1cc2ncnc(Oc3ccccc3)c2[nH]1)c1ccccc1. The van der Waals surface area contributed by atoms with Crippen molar-refractivity contribution in [3.63, 3.8) is 0 Å². The van der Waals surface area contributed by atoms with Crippen molar-refractivity contribution in [1.29, 1.82) is 0 Å². The molecule has 0 bridgehead atoms. The molecule has 0 spiro atoms. The maximum atomic E-state index is 11.9. The second-order valence-electron chi connectivity index (χ2n) is 5.95. The number of fused-ring (bicyclic) bond motifs is 1. The second-order valence-corrected chi connectivity index (χ2v) is 5.95. The van der Waals surface area contributed by atoms with E-state index in [1.165, 1.54) is 6.33 Å². The topological polar surface area (TPSA) is 77.1 Å². The number of carbonyl (C=O) groups excluding carboxylic acids is 1. The number of para-hydroxylation sites is 1. The molecule has 0 atom stereocenters. The molecule has 138 valence electrons. The van der Waals surface area contributed by atoms with E-state index in [0.717, 1.165) is 11.2 Å². The fourth-order valence-electron chi connectivity index (χ4n) is 2.66. The summed E-state index contributed by atoms with van der Waals surface area (Å²) in [4.78, 5) is 23.6. The minimum Gasteiger partial charge on any atom is -0.458 e. The molecule has 6 heteroatoms. The normalized spacial score (nSPS) is 11.0. The lowest BCUT2D eigenvalue weighted by molar-refractivity contribution is 0.0550. The van der Waals surface area contributed by atoms with Gasteiger partial charge in [0.25, 0.3) is 0 Å². The standard InChI is InChI=1S/C22H17N3O3/c26-22(16-8-3-1-4-9-16)27-13-7-10-17-14-19-20(25-17)21(24-15-23-19)28-18-11-5-2-6-12-18/h1-12,14-15,25H,13H2. The number of ether oxygens (including phenoxy) is 2. The van der Waals surface area contributed by atoms with Gasteiger partial charge in [-0.15, -0.1) is 0 Å². The molecule has 4 aromatic rings. The Morgan fingerprint density at radius 3 is 2.54 bits per heavy atom. The number of esters is 1. The number of nitrogens with zero attached hydrogens (tertiary/aromatic N) is 2. The lowest BCUT2D eigenvalue weighted by atomic mass is 10.2. The Bertz CT molecular complexity index is 1110. The van der Waals surface area contributed by atoms with Crippen LogP contribution < -0.4 is 4.74 Å². The van der Waals surface area contributed by atoms with Crippen LogP contribution in [0, 0.1) is 0 Å². The van der Waals surface area contributed by atoms with Crippen molar-refractivity contribution in [2.24, 2.45) is 0 Å². The second kappa shape index (κ2) is 8.18. The average molecular weight is 371 g/mol. The number of H-pyrrole nitrogens is 1. The van der Waals surface area contributed by atoms with Gasteiger partial charge in [0.15, 0.2) is 0 Å². The smallest absolute Gasteiger partial charge is 0.338 e. The molecule has 0 unspecified atom stereocenters. The Morgan fingerprint density at radius 1 is 1.00 bits per heavy atom. The first-order valence-corrected chi connectivity index (χ1v) is 8.75. The fraction of sp³-hybridized carbons (Fsp3) is 0.0455. The quantitative estimate of drug-likeness (QED) is 0.501. The molecule has 28 heavy (non-hydrogen) atoms.